The van der Waals surface area contributed by atoms with E-state index in [1.807, 2.05) is 13.8 Å². The maximum absolute atomic E-state index is 12.4. The van der Waals surface area contributed by atoms with E-state index >= 15 is 0 Å². The standard InChI is InChI=1S/C22H20N2O7/c1-4-13(3)23-20(25)17-9-14-7-8-16(11-19(14)31-22(17)27)30-21(26)15-6-5-12(2)18(10-15)24(28)29/h5-11,13H,4H2,1-3H3,(H,23,25). The van der Waals surface area contributed by atoms with Gasteiger partial charge in [-0.15, -0.1) is 0 Å². The van der Waals surface area contributed by atoms with Gasteiger partial charge < -0.3 is 14.5 Å². The number of carbonyl (C=O) groups is 2. The second-order valence-corrected chi connectivity index (χ2v) is 7.08. The third-order valence-corrected chi connectivity index (χ3v) is 4.79. The molecule has 1 N–H and O–H groups in total. The molecule has 31 heavy (non-hydrogen) atoms. The maximum atomic E-state index is 12.4. The van der Waals surface area contributed by atoms with E-state index in [1.165, 1.54) is 30.3 Å². The van der Waals surface area contributed by atoms with Gasteiger partial charge in [-0.2, -0.15) is 0 Å². The van der Waals surface area contributed by atoms with E-state index in [9.17, 15) is 24.5 Å². The Morgan fingerprint density at radius 2 is 1.94 bits per heavy atom. The first-order valence-electron chi connectivity index (χ1n) is 9.55. The highest BCUT2D eigenvalue weighted by atomic mass is 16.6. The number of nitro groups is 1. The van der Waals surface area contributed by atoms with Crippen molar-refractivity contribution in [3.63, 3.8) is 0 Å². The van der Waals surface area contributed by atoms with Crippen molar-refractivity contribution < 1.29 is 23.7 Å². The van der Waals surface area contributed by atoms with Crippen LogP contribution in [0.15, 0.2) is 51.7 Å². The average Bonchev–Trinajstić information content (AvgIpc) is 2.72. The molecule has 0 aliphatic rings. The van der Waals surface area contributed by atoms with Crippen LogP contribution in [0.25, 0.3) is 11.0 Å². The van der Waals surface area contributed by atoms with E-state index < -0.39 is 22.4 Å². The minimum absolute atomic E-state index is 0.0101. The number of nitro benzene ring substituents is 1. The molecule has 0 spiro atoms. The molecule has 9 heteroatoms. The van der Waals surface area contributed by atoms with Crippen LogP contribution in [0.5, 0.6) is 5.75 Å². The summed E-state index contributed by atoms with van der Waals surface area (Å²) in [6, 6.07) is 9.69. The van der Waals surface area contributed by atoms with Crippen molar-refractivity contribution in [3.05, 3.63) is 79.7 Å². The van der Waals surface area contributed by atoms with Gasteiger partial charge in [-0.1, -0.05) is 13.0 Å². The van der Waals surface area contributed by atoms with Crippen LogP contribution in [0.4, 0.5) is 5.69 Å². The van der Waals surface area contributed by atoms with E-state index in [2.05, 4.69) is 5.32 Å². The Hall–Kier alpha value is -4.01. The molecule has 160 valence electrons. The summed E-state index contributed by atoms with van der Waals surface area (Å²) in [5.41, 5.74) is -0.569. The fourth-order valence-electron chi connectivity index (χ4n) is 2.82. The number of fused-ring (bicyclic) bond motifs is 1. The lowest BCUT2D eigenvalue weighted by atomic mass is 10.1. The fraction of sp³-hybridized carbons (Fsp3) is 0.227. The van der Waals surface area contributed by atoms with Crippen molar-refractivity contribution in [2.75, 3.05) is 0 Å². The summed E-state index contributed by atoms with van der Waals surface area (Å²) >= 11 is 0. The third kappa shape index (κ3) is 4.77. The molecule has 3 rings (SSSR count). The molecular weight excluding hydrogens is 404 g/mol. The Labute approximate surface area is 176 Å². The third-order valence-electron chi connectivity index (χ3n) is 4.79. The quantitative estimate of drug-likeness (QED) is 0.210. The fourth-order valence-corrected chi connectivity index (χ4v) is 2.82. The Bertz CT molecular complexity index is 1250. The van der Waals surface area contributed by atoms with Gasteiger partial charge in [0.1, 0.15) is 16.9 Å². The Balaban J connectivity index is 1.86. The van der Waals surface area contributed by atoms with Crippen LogP contribution >= 0.6 is 0 Å². The summed E-state index contributed by atoms with van der Waals surface area (Å²) in [4.78, 5) is 47.4. The lowest BCUT2D eigenvalue weighted by Crippen LogP contribution is -2.34. The second-order valence-electron chi connectivity index (χ2n) is 7.08. The highest BCUT2D eigenvalue weighted by Crippen LogP contribution is 2.23. The number of benzene rings is 2. The van der Waals surface area contributed by atoms with Gasteiger partial charge in [-0.05, 0) is 44.5 Å². The zero-order chi connectivity index (χ0) is 22.7. The summed E-state index contributed by atoms with van der Waals surface area (Å²) in [6.07, 6.45) is 0.712. The van der Waals surface area contributed by atoms with Crippen LogP contribution < -0.4 is 15.7 Å². The van der Waals surface area contributed by atoms with Gasteiger partial charge in [0, 0.05) is 29.1 Å². The molecule has 0 saturated carbocycles. The van der Waals surface area contributed by atoms with Crippen molar-refractivity contribution in [2.24, 2.45) is 0 Å². The number of ether oxygens (including phenoxy) is 1. The first kappa shape index (κ1) is 21.7. The Morgan fingerprint density at radius 3 is 2.61 bits per heavy atom. The number of nitrogens with zero attached hydrogens (tertiary/aromatic N) is 1. The first-order chi connectivity index (χ1) is 14.7. The highest BCUT2D eigenvalue weighted by Gasteiger charge is 2.18. The van der Waals surface area contributed by atoms with Gasteiger partial charge in [0.25, 0.3) is 11.6 Å². The molecule has 1 atom stereocenters. The van der Waals surface area contributed by atoms with Gasteiger partial charge in [0.05, 0.1) is 10.5 Å². The van der Waals surface area contributed by atoms with E-state index in [0.29, 0.717) is 17.4 Å². The molecule has 1 heterocycles. The molecule has 3 aromatic rings. The Morgan fingerprint density at radius 1 is 1.19 bits per heavy atom. The number of rotatable bonds is 6. The normalized spacial score (nSPS) is 11.7. The maximum Gasteiger partial charge on any atom is 0.349 e. The monoisotopic (exact) mass is 424 g/mol. The van der Waals surface area contributed by atoms with Crippen LogP contribution in [0, 0.1) is 17.0 Å². The molecule has 1 unspecified atom stereocenters. The summed E-state index contributed by atoms with van der Waals surface area (Å²) < 4.78 is 10.5. The molecular formula is C22H20N2O7. The summed E-state index contributed by atoms with van der Waals surface area (Å²) in [5, 5.41) is 14.2. The van der Waals surface area contributed by atoms with Crippen LogP contribution in [-0.2, 0) is 0 Å². The number of aryl methyl sites for hydroxylation is 1. The molecule has 2 aromatic carbocycles. The van der Waals surface area contributed by atoms with E-state index in [1.54, 1.807) is 13.0 Å². The van der Waals surface area contributed by atoms with Gasteiger partial charge in [0.2, 0.25) is 0 Å². The predicted molar refractivity (Wildman–Crippen MR) is 112 cm³/mol. The molecule has 0 fully saturated rings. The number of carbonyl (C=O) groups excluding carboxylic acids is 2. The molecule has 0 aliphatic heterocycles. The lowest BCUT2D eigenvalue weighted by molar-refractivity contribution is -0.385. The van der Waals surface area contributed by atoms with Crippen molar-refractivity contribution in [2.45, 2.75) is 33.2 Å². The van der Waals surface area contributed by atoms with Crippen LogP contribution in [0.2, 0.25) is 0 Å². The molecule has 0 saturated heterocycles. The number of hydrogen-bond donors (Lipinski definition) is 1. The van der Waals surface area contributed by atoms with E-state index in [4.69, 9.17) is 9.15 Å². The molecule has 0 radical (unpaired) electrons. The molecule has 1 amide bonds. The van der Waals surface area contributed by atoms with Crippen molar-refractivity contribution in [1.29, 1.82) is 0 Å². The Kier molecular flexibility index (Phi) is 6.15. The van der Waals surface area contributed by atoms with Crippen LogP contribution in [-0.4, -0.2) is 22.8 Å². The van der Waals surface area contributed by atoms with Gasteiger partial charge in [-0.3, -0.25) is 14.9 Å². The van der Waals surface area contributed by atoms with E-state index in [0.717, 1.165) is 6.07 Å². The summed E-state index contributed by atoms with van der Waals surface area (Å²) in [5.74, 6) is -1.24. The highest BCUT2D eigenvalue weighted by molar-refractivity contribution is 5.97. The minimum atomic E-state index is -0.814. The average molecular weight is 424 g/mol. The van der Waals surface area contributed by atoms with Gasteiger partial charge >= 0.3 is 11.6 Å². The smallest absolute Gasteiger partial charge is 0.349 e. The molecule has 9 nitrogen and oxygen atoms in total. The summed E-state index contributed by atoms with van der Waals surface area (Å²) in [7, 11) is 0. The van der Waals surface area contributed by atoms with Gasteiger partial charge in [-0.25, -0.2) is 9.59 Å². The molecule has 0 bridgehead atoms. The molecule has 1 aromatic heterocycles. The SMILES string of the molecule is CCC(C)NC(=O)c1cc2ccc(OC(=O)c3ccc(C)c([N+](=O)[O-])c3)cc2oc1=O. The molecule has 0 aliphatic carbocycles. The van der Waals surface area contributed by atoms with Crippen molar-refractivity contribution >= 4 is 28.5 Å². The summed E-state index contributed by atoms with van der Waals surface area (Å²) in [6.45, 7) is 5.30. The zero-order valence-electron chi connectivity index (χ0n) is 17.1. The van der Waals surface area contributed by atoms with Crippen LogP contribution in [0.1, 0.15) is 46.5 Å². The number of amides is 1. The van der Waals surface area contributed by atoms with Crippen molar-refractivity contribution in [3.8, 4) is 5.75 Å². The first-order valence-corrected chi connectivity index (χ1v) is 9.55. The zero-order valence-corrected chi connectivity index (χ0v) is 17.1. The topological polar surface area (TPSA) is 129 Å². The number of nitrogens with one attached hydrogen (secondary N) is 1. The number of esters is 1. The number of hydrogen-bond acceptors (Lipinski definition) is 7. The van der Waals surface area contributed by atoms with E-state index in [-0.39, 0.29) is 34.2 Å². The van der Waals surface area contributed by atoms with Crippen molar-refractivity contribution in [1.82, 2.24) is 5.32 Å². The minimum Gasteiger partial charge on any atom is -0.423 e. The second kappa shape index (κ2) is 8.78. The lowest BCUT2D eigenvalue weighted by Gasteiger charge is -2.11. The predicted octanol–water partition coefficient (Wildman–Crippen LogP) is 3.76. The largest absolute Gasteiger partial charge is 0.423 e. The van der Waals surface area contributed by atoms with Gasteiger partial charge in [0.15, 0.2) is 0 Å². The van der Waals surface area contributed by atoms with Crippen LogP contribution in [0.3, 0.4) is 0 Å².